The van der Waals surface area contributed by atoms with Crippen LogP contribution in [0.4, 0.5) is 0 Å². The summed E-state index contributed by atoms with van der Waals surface area (Å²) >= 11 is 0. The summed E-state index contributed by atoms with van der Waals surface area (Å²) in [5.41, 5.74) is 6.23. The number of rotatable bonds is 5. The molecule has 2 aromatic carbocycles. The Bertz CT molecular complexity index is 701. The molecule has 1 saturated carbocycles. The van der Waals surface area contributed by atoms with Gasteiger partial charge in [0.25, 0.3) is 0 Å². The van der Waals surface area contributed by atoms with Crippen molar-refractivity contribution in [2.75, 3.05) is 0 Å². The lowest BCUT2D eigenvalue weighted by Gasteiger charge is -2.35. The maximum absolute atomic E-state index is 2.45. The molecule has 0 saturated heterocycles. The minimum atomic E-state index is 0.0552. The van der Waals surface area contributed by atoms with Gasteiger partial charge in [-0.3, -0.25) is 0 Å². The minimum Gasteiger partial charge on any atom is -0.0599 e. The third-order valence-electron chi connectivity index (χ3n) is 6.60. The fourth-order valence-electron chi connectivity index (χ4n) is 4.70. The van der Waals surface area contributed by atoms with Crippen molar-refractivity contribution in [1.29, 1.82) is 0 Å². The molecule has 1 fully saturated rings. The Labute approximate surface area is 161 Å². The van der Waals surface area contributed by atoms with Crippen LogP contribution in [-0.4, -0.2) is 0 Å². The second-order valence-corrected chi connectivity index (χ2v) is 9.85. The maximum atomic E-state index is 2.45. The Kier molecular flexibility index (Phi) is 5.61. The largest absolute Gasteiger partial charge is 0.0599 e. The van der Waals surface area contributed by atoms with Crippen molar-refractivity contribution < 1.29 is 0 Å². The molecule has 2 aromatic rings. The molecule has 26 heavy (non-hydrogen) atoms. The van der Waals surface area contributed by atoms with E-state index in [1.165, 1.54) is 60.8 Å². The Morgan fingerprint density at radius 1 is 0.923 bits per heavy atom. The summed E-state index contributed by atoms with van der Waals surface area (Å²) in [6, 6.07) is 18.4. The zero-order chi connectivity index (χ0) is 18.8. The van der Waals surface area contributed by atoms with Gasteiger partial charge in [-0.05, 0) is 60.6 Å². The lowest BCUT2D eigenvalue weighted by molar-refractivity contribution is 0.173. The van der Waals surface area contributed by atoms with Gasteiger partial charge in [-0.1, -0.05) is 94.6 Å². The van der Waals surface area contributed by atoms with E-state index in [-0.39, 0.29) is 5.41 Å². The molecule has 0 amide bonds. The highest BCUT2D eigenvalue weighted by molar-refractivity contribution is 5.39. The predicted octanol–water partition coefficient (Wildman–Crippen LogP) is 7.47. The highest BCUT2D eigenvalue weighted by Crippen LogP contribution is 2.40. The van der Waals surface area contributed by atoms with E-state index in [2.05, 4.69) is 83.1 Å². The molecule has 1 aliphatic carbocycles. The van der Waals surface area contributed by atoms with Crippen molar-refractivity contribution in [3.05, 3.63) is 70.8 Å². The number of aryl methyl sites for hydroxylation is 2. The third-order valence-corrected chi connectivity index (χ3v) is 6.60. The first kappa shape index (κ1) is 19.2. The number of hydrogen-bond acceptors (Lipinski definition) is 0. The van der Waals surface area contributed by atoms with Gasteiger partial charge in [-0.15, -0.1) is 0 Å². The summed E-state index contributed by atoms with van der Waals surface area (Å²) < 4.78 is 0. The van der Waals surface area contributed by atoms with Crippen LogP contribution in [0.15, 0.2) is 48.5 Å². The van der Waals surface area contributed by atoms with E-state index >= 15 is 0 Å². The molecule has 0 heterocycles. The van der Waals surface area contributed by atoms with Crippen LogP contribution in [0.25, 0.3) is 0 Å². The van der Waals surface area contributed by atoms with E-state index in [1.54, 1.807) is 0 Å². The molecular weight excluding hydrogens is 312 g/mol. The molecule has 0 bridgehead atoms. The zero-order valence-electron chi connectivity index (χ0n) is 17.4. The van der Waals surface area contributed by atoms with Gasteiger partial charge in [-0.25, -0.2) is 0 Å². The van der Waals surface area contributed by atoms with Gasteiger partial charge in [0, 0.05) is 5.41 Å². The molecule has 1 aliphatic rings. The molecule has 140 valence electrons. The average Bonchev–Trinajstić information content (AvgIpc) is 2.60. The third kappa shape index (κ3) is 4.58. The Balaban J connectivity index is 1.63. The summed E-state index contributed by atoms with van der Waals surface area (Å²) in [5.74, 6) is 0.919. The van der Waals surface area contributed by atoms with Crippen LogP contribution in [-0.2, 0) is 11.8 Å². The second kappa shape index (κ2) is 7.59. The van der Waals surface area contributed by atoms with E-state index in [0.29, 0.717) is 5.41 Å². The topological polar surface area (TPSA) is 0 Å². The van der Waals surface area contributed by atoms with Crippen molar-refractivity contribution >= 4 is 0 Å². The smallest absolute Gasteiger partial charge is 0.0146 e. The minimum absolute atomic E-state index is 0.0552. The number of benzene rings is 2. The van der Waals surface area contributed by atoms with Gasteiger partial charge in [0.15, 0.2) is 0 Å². The van der Waals surface area contributed by atoms with Crippen LogP contribution >= 0.6 is 0 Å². The van der Waals surface area contributed by atoms with Gasteiger partial charge < -0.3 is 0 Å². The predicted molar refractivity (Wildman–Crippen MR) is 114 cm³/mol. The number of hydrogen-bond donors (Lipinski definition) is 0. The molecule has 3 rings (SSSR count). The molecule has 0 aromatic heterocycles. The maximum Gasteiger partial charge on any atom is 0.0146 e. The lowest BCUT2D eigenvalue weighted by Crippen LogP contribution is -2.23. The first-order valence-electron chi connectivity index (χ1n) is 10.4. The van der Waals surface area contributed by atoms with Crippen molar-refractivity contribution in [2.24, 2.45) is 11.3 Å². The molecule has 0 N–H and O–H groups in total. The summed E-state index contributed by atoms with van der Waals surface area (Å²) in [6.07, 6.45) is 8.25. The fourth-order valence-corrected chi connectivity index (χ4v) is 4.70. The quantitative estimate of drug-likeness (QED) is 0.525. The normalized spacial score (nSPS) is 20.1. The molecule has 0 aliphatic heterocycles. The van der Waals surface area contributed by atoms with E-state index in [1.807, 2.05) is 0 Å². The summed E-state index contributed by atoms with van der Waals surface area (Å²) in [5, 5.41) is 0. The molecular formula is C26H36. The summed E-state index contributed by atoms with van der Waals surface area (Å²) in [6.45, 7) is 11.7. The van der Waals surface area contributed by atoms with Crippen LogP contribution in [0.1, 0.15) is 82.1 Å². The zero-order valence-corrected chi connectivity index (χ0v) is 17.4. The van der Waals surface area contributed by atoms with Gasteiger partial charge >= 0.3 is 0 Å². The van der Waals surface area contributed by atoms with Crippen molar-refractivity contribution in [1.82, 2.24) is 0 Å². The fraction of sp³-hybridized carbons (Fsp3) is 0.538. The first-order chi connectivity index (χ1) is 12.3. The van der Waals surface area contributed by atoms with E-state index in [9.17, 15) is 0 Å². The highest BCUT2D eigenvalue weighted by atomic mass is 14.3. The monoisotopic (exact) mass is 348 g/mol. The molecule has 0 spiro atoms. The van der Waals surface area contributed by atoms with Crippen LogP contribution in [0.3, 0.4) is 0 Å². The van der Waals surface area contributed by atoms with E-state index in [0.717, 1.165) is 5.92 Å². The van der Waals surface area contributed by atoms with E-state index in [4.69, 9.17) is 0 Å². The first-order valence-corrected chi connectivity index (χ1v) is 10.4. The Morgan fingerprint density at radius 3 is 2.08 bits per heavy atom. The Morgan fingerprint density at radius 2 is 1.50 bits per heavy atom. The van der Waals surface area contributed by atoms with Crippen molar-refractivity contribution in [3.8, 4) is 0 Å². The van der Waals surface area contributed by atoms with Crippen LogP contribution in [0.2, 0.25) is 0 Å². The lowest BCUT2D eigenvalue weighted by atomic mass is 9.71. The van der Waals surface area contributed by atoms with Crippen LogP contribution in [0, 0.1) is 18.3 Å². The SMILES string of the molecule is Cc1ccc(C(C)(C)c2ccc(CCC3CCCC(C)(C)C3)cc2)cc1. The Hall–Kier alpha value is -1.56. The molecule has 1 atom stereocenters. The van der Waals surface area contributed by atoms with Gasteiger partial charge in [0.05, 0.1) is 0 Å². The molecule has 0 heteroatoms. The molecule has 0 nitrogen and oxygen atoms in total. The molecule has 0 radical (unpaired) electrons. The second-order valence-electron chi connectivity index (χ2n) is 9.85. The van der Waals surface area contributed by atoms with Crippen LogP contribution in [0.5, 0.6) is 0 Å². The highest BCUT2D eigenvalue weighted by Gasteiger charge is 2.27. The standard InChI is InChI=1S/C26H36/c1-20-8-14-23(15-9-20)26(4,5)24-16-12-21(13-17-24)10-11-22-7-6-18-25(2,3)19-22/h8-9,12-17,22H,6-7,10-11,18-19H2,1-5H3. The van der Waals surface area contributed by atoms with Gasteiger partial charge in [0.1, 0.15) is 0 Å². The average molecular weight is 349 g/mol. The van der Waals surface area contributed by atoms with Gasteiger partial charge in [0.2, 0.25) is 0 Å². The van der Waals surface area contributed by atoms with Gasteiger partial charge in [-0.2, -0.15) is 0 Å². The van der Waals surface area contributed by atoms with Crippen LogP contribution < -0.4 is 0 Å². The van der Waals surface area contributed by atoms with E-state index < -0.39 is 0 Å². The summed E-state index contributed by atoms with van der Waals surface area (Å²) in [7, 11) is 0. The molecule has 1 unspecified atom stereocenters. The van der Waals surface area contributed by atoms with Crippen molar-refractivity contribution in [2.45, 2.75) is 78.6 Å². The summed E-state index contributed by atoms with van der Waals surface area (Å²) in [4.78, 5) is 0. The van der Waals surface area contributed by atoms with Crippen molar-refractivity contribution in [3.63, 3.8) is 0 Å².